The Hall–Kier alpha value is -9.32. The number of rotatable bonds is 21. The summed E-state index contributed by atoms with van der Waals surface area (Å²) in [5, 5.41) is 108. The third-order valence-corrected chi connectivity index (χ3v) is 15.0. The Bertz CT molecular complexity index is 3380. The summed E-state index contributed by atoms with van der Waals surface area (Å²) in [6.07, 6.45) is 11.1. The topological polar surface area (TPSA) is 376 Å². The molecular weight excluding hydrogens is 1410 g/mol. The summed E-state index contributed by atoms with van der Waals surface area (Å²) in [5.41, 5.74) is 5.88. The van der Waals surface area contributed by atoms with Gasteiger partial charge in [-0.3, -0.25) is 4.90 Å². The van der Waals surface area contributed by atoms with Crippen molar-refractivity contribution in [3.05, 3.63) is 188 Å². The van der Waals surface area contributed by atoms with Crippen LogP contribution in [0.2, 0.25) is 10.0 Å². The van der Waals surface area contributed by atoms with E-state index in [0.29, 0.717) is 60.9 Å². The lowest BCUT2D eigenvalue weighted by Crippen LogP contribution is -2.36. The summed E-state index contributed by atoms with van der Waals surface area (Å²) in [6, 6.07) is 10.1. The molecular formula is C82H123Cl2NO21. The monoisotopic (exact) mass is 1530 g/mol. The van der Waals surface area contributed by atoms with Crippen LogP contribution in [0.1, 0.15) is 232 Å². The van der Waals surface area contributed by atoms with Crippen LogP contribution < -0.4 is 0 Å². The Morgan fingerprint density at radius 3 is 0.943 bits per heavy atom. The number of nitrogens with zero attached hydrogens (tertiary/aromatic N) is 1. The Balaban J connectivity index is -0.000000272. The van der Waals surface area contributed by atoms with Gasteiger partial charge in [0.05, 0.1) is 27.8 Å². The minimum atomic E-state index is -1.28. The van der Waals surface area contributed by atoms with Crippen molar-refractivity contribution in [3.63, 3.8) is 0 Å². The molecule has 106 heavy (non-hydrogen) atoms. The number of carboxylic acid groups (broad SMARTS) is 2. The maximum Gasteiger partial charge on any atom is 0.342 e. The van der Waals surface area contributed by atoms with Crippen LogP contribution >= 0.6 is 23.2 Å². The van der Waals surface area contributed by atoms with Gasteiger partial charge in [-0.1, -0.05) is 94.3 Å². The van der Waals surface area contributed by atoms with Gasteiger partial charge in [0.15, 0.2) is 0 Å². The standard InChI is InChI=1S/C16H22O2.C13H15ClO4.C13H16O4.C8H7ClO4.C8H19N.C8H8O4.2C5H10O.C2H4O.2C2H6/c1-7-8-12(4)18-16(17)15-11(3)9-10(2)13(5)14(15)6;1-4-5-7(2)18-13(17)11-8(3)12(14)10(16)6-9(11)15;1-4-5-9(3)17-13(16)12-8(2)6-10(14)7-11(12)15;1-3-6(8(12)13)4(10)2-5(11)7(3)9;1-6-9(7(2)3)8(4)5;1-4-2-5(9)3-6(10)7(4)8(11)12;2*1-3-4-5(2)6;1-2-3;2*1-2/h7,9,12H,1,8H2,2-6H3;4,6-7,15-16H,1,5H2,2-3H3;4,6-7,9,14-15H,1,5H2,2-3H3;2,10-11H,1H3,(H,12,13);7-8H,6H2,1-5H3;2-3,9-10H,1H3,(H,11,12);2*3,5-6H,1,4H2,2H3;2H,1H3;2*1-2H3/t12-;7-;9-;;;;2*5-;;;/m111...00.../s1. The molecule has 12 N–H and O–H groups in total. The van der Waals surface area contributed by atoms with E-state index < -0.39 is 35.4 Å². The van der Waals surface area contributed by atoms with Gasteiger partial charge < -0.3 is 80.3 Å². The van der Waals surface area contributed by atoms with Gasteiger partial charge in [-0.05, 0) is 201 Å². The summed E-state index contributed by atoms with van der Waals surface area (Å²) in [4.78, 5) is 68.2. The first-order valence-corrected chi connectivity index (χ1v) is 35.2. The van der Waals surface area contributed by atoms with E-state index in [1.165, 1.54) is 45.4 Å². The van der Waals surface area contributed by atoms with Gasteiger partial charge in [-0.15, -0.1) is 32.9 Å². The molecule has 0 aliphatic heterocycles. The number of hydrogen-bond donors (Lipinski definition) is 12. The van der Waals surface area contributed by atoms with Crippen molar-refractivity contribution in [1.29, 1.82) is 0 Å². The molecule has 5 rings (SSSR count). The number of ether oxygens (including phenoxy) is 3. The van der Waals surface area contributed by atoms with Crippen LogP contribution in [0.15, 0.2) is 106 Å². The van der Waals surface area contributed by atoms with Crippen LogP contribution in [0, 0.1) is 55.4 Å². The van der Waals surface area contributed by atoms with Crippen molar-refractivity contribution in [1.82, 2.24) is 4.90 Å². The van der Waals surface area contributed by atoms with Gasteiger partial charge in [-0.2, -0.15) is 0 Å². The van der Waals surface area contributed by atoms with Crippen molar-refractivity contribution in [3.8, 4) is 46.0 Å². The highest BCUT2D eigenvalue weighted by Gasteiger charge is 2.24. The highest BCUT2D eigenvalue weighted by Crippen LogP contribution is 2.37. The maximum atomic E-state index is 12.2. The number of aldehydes is 1. The van der Waals surface area contributed by atoms with Crippen LogP contribution in [-0.4, -0.2) is 151 Å². The number of phenols is 8. The third-order valence-electron chi connectivity index (χ3n) is 14.0. The van der Waals surface area contributed by atoms with Crippen molar-refractivity contribution in [2.75, 3.05) is 6.54 Å². The van der Waals surface area contributed by atoms with Crippen LogP contribution in [-0.2, 0) is 19.0 Å². The van der Waals surface area contributed by atoms with E-state index in [1.54, 1.807) is 65.0 Å². The van der Waals surface area contributed by atoms with Crippen LogP contribution in [0.5, 0.6) is 46.0 Å². The number of aromatic hydroxyl groups is 8. The Kier molecular flexibility index (Phi) is 59.8. The van der Waals surface area contributed by atoms with E-state index in [0.717, 1.165) is 53.8 Å². The SMILES string of the molecule is C=CC[C@@H](C)OC(=O)c1c(C)cc(C)c(C)c1C.C=CC[C@@H](C)OC(=O)c1c(C)cc(O)cc1O.C=CC[C@@H](C)OC(=O)c1c(O)cc(O)c(Cl)c1C.C=CC[C@H](C)O.C=CC[C@H](C)O.CC.CC.CC=O.CCN(C(C)C)C(C)C.Cc1c(Cl)c(O)cc(O)c1C(=O)O.Cc1cc(O)cc(O)c1C(=O)O. The molecule has 0 aliphatic rings. The molecule has 5 aromatic rings. The molecule has 22 nitrogen and oxygen atoms in total. The molecule has 0 spiro atoms. The average molecular weight is 1530 g/mol. The molecule has 5 aromatic carbocycles. The Morgan fingerprint density at radius 2 is 0.679 bits per heavy atom. The Labute approximate surface area is 639 Å². The number of aliphatic hydroxyl groups is 2. The van der Waals surface area contributed by atoms with E-state index in [-0.39, 0.29) is 114 Å². The molecule has 0 amide bonds. The largest absolute Gasteiger partial charge is 0.508 e. The van der Waals surface area contributed by atoms with Gasteiger partial charge in [-0.25, -0.2) is 24.0 Å². The predicted octanol–water partition coefficient (Wildman–Crippen LogP) is 18.9. The second-order valence-electron chi connectivity index (χ2n) is 23.7. The first-order chi connectivity index (χ1) is 49.2. The van der Waals surface area contributed by atoms with Crippen molar-refractivity contribution >= 4 is 59.3 Å². The minimum Gasteiger partial charge on any atom is -0.508 e. The fourth-order valence-electron chi connectivity index (χ4n) is 9.07. The fraction of sp³-hybridized carbons (Fsp3) is 0.439. The first-order valence-electron chi connectivity index (χ1n) is 34.4. The summed E-state index contributed by atoms with van der Waals surface area (Å²) in [6.45, 7) is 62.3. The van der Waals surface area contributed by atoms with Gasteiger partial charge in [0.1, 0.15) is 92.8 Å². The summed E-state index contributed by atoms with van der Waals surface area (Å²) >= 11 is 11.4. The number of carbonyl (C=O) groups is 6. The number of phenolic OH excluding ortho intramolecular Hbond substituents is 6. The number of esters is 3. The lowest BCUT2D eigenvalue weighted by Gasteiger charge is -2.28. The Morgan fingerprint density at radius 1 is 0.406 bits per heavy atom. The highest BCUT2D eigenvalue weighted by atomic mass is 35.5. The molecule has 0 saturated heterocycles. The zero-order valence-corrected chi connectivity index (χ0v) is 68.1. The number of hydrogen-bond acceptors (Lipinski definition) is 20. The number of halogens is 2. The van der Waals surface area contributed by atoms with Crippen molar-refractivity contribution in [2.24, 2.45) is 0 Å². The molecule has 0 aromatic heterocycles. The number of benzene rings is 5. The lowest BCUT2D eigenvalue weighted by molar-refractivity contribution is -0.106. The maximum absolute atomic E-state index is 12.2. The number of carbonyl (C=O) groups excluding carboxylic acids is 4. The second-order valence-corrected chi connectivity index (χ2v) is 24.5. The molecule has 0 fully saturated rings. The molecule has 0 radical (unpaired) electrons. The van der Waals surface area contributed by atoms with Gasteiger partial charge in [0.2, 0.25) is 0 Å². The summed E-state index contributed by atoms with van der Waals surface area (Å²) in [5.74, 6) is -6.38. The van der Waals surface area contributed by atoms with E-state index in [4.69, 9.17) is 83.1 Å². The predicted molar refractivity (Wildman–Crippen MR) is 427 cm³/mol. The number of aliphatic hydroxyl groups excluding tert-OH is 2. The molecule has 24 heteroatoms. The zero-order valence-electron chi connectivity index (χ0n) is 66.6. The van der Waals surface area contributed by atoms with Gasteiger partial charge in [0.25, 0.3) is 0 Å². The van der Waals surface area contributed by atoms with E-state index in [1.807, 2.05) is 61.5 Å². The summed E-state index contributed by atoms with van der Waals surface area (Å²) in [7, 11) is 0. The number of aryl methyl sites for hydroxylation is 4. The minimum absolute atomic E-state index is 0.0242. The van der Waals surface area contributed by atoms with Crippen molar-refractivity contribution in [2.45, 2.75) is 234 Å². The first kappa shape index (κ1) is 108. The fourth-order valence-corrected chi connectivity index (χ4v) is 9.37. The second kappa shape index (κ2) is 58.9. The normalized spacial score (nSPS) is 11.1. The average Bonchev–Trinajstić information content (AvgIpc) is 0.829. The van der Waals surface area contributed by atoms with Gasteiger partial charge >= 0.3 is 29.8 Å². The molecule has 596 valence electrons. The number of carboxylic acids is 2. The zero-order chi connectivity index (χ0) is 84.3. The van der Waals surface area contributed by atoms with Crippen LogP contribution in [0.3, 0.4) is 0 Å². The number of aromatic carboxylic acids is 2. The lowest BCUT2D eigenvalue weighted by atomic mass is 9.94. The van der Waals surface area contributed by atoms with Crippen LogP contribution in [0.25, 0.3) is 0 Å². The van der Waals surface area contributed by atoms with E-state index >= 15 is 0 Å². The molecule has 0 heterocycles. The smallest absolute Gasteiger partial charge is 0.342 e. The summed E-state index contributed by atoms with van der Waals surface area (Å²) < 4.78 is 15.7. The van der Waals surface area contributed by atoms with E-state index in [2.05, 4.69) is 79.3 Å². The van der Waals surface area contributed by atoms with Crippen molar-refractivity contribution < 1.29 is 104 Å². The molecule has 0 unspecified atom stereocenters. The molecule has 5 atom stereocenters. The molecule has 0 bridgehead atoms. The third kappa shape index (κ3) is 42.6. The highest BCUT2D eigenvalue weighted by molar-refractivity contribution is 6.33. The molecule has 0 aliphatic carbocycles. The van der Waals surface area contributed by atoms with Crippen LogP contribution in [0.4, 0.5) is 0 Å². The van der Waals surface area contributed by atoms with Gasteiger partial charge in [0, 0.05) is 55.6 Å². The molecule has 0 saturated carbocycles. The quantitative estimate of drug-likeness (QED) is 0.0140. The van der Waals surface area contributed by atoms with E-state index in [9.17, 15) is 44.4 Å².